The maximum absolute atomic E-state index is 8.59. The van der Waals surface area contributed by atoms with E-state index < -0.39 is 0 Å². The van der Waals surface area contributed by atoms with Gasteiger partial charge in [-0.2, -0.15) is 0 Å². The highest BCUT2D eigenvalue weighted by molar-refractivity contribution is 5.98. The summed E-state index contributed by atoms with van der Waals surface area (Å²) in [5.74, 6) is 1.27. The van der Waals surface area contributed by atoms with Crippen molar-refractivity contribution in [3.05, 3.63) is 23.8 Å². The van der Waals surface area contributed by atoms with Crippen LogP contribution in [0.4, 0.5) is 0 Å². The number of hydrogen-bond donors (Lipinski definition) is 1. The topological polar surface area (TPSA) is 51.0 Å². The Balaban J connectivity index is 3.14. The van der Waals surface area contributed by atoms with Crippen LogP contribution in [0.25, 0.3) is 0 Å². The van der Waals surface area contributed by atoms with Gasteiger partial charge in [-0.1, -0.05) is 5.16 Å². The highest BCUT2D eigenvalue weighted by atomic mass is 16.5. The van der Waals surface area contributed by atoms with Crippen LogP contribution in [0.5, 0.6) is 11.5 Å². The Bertz CT molecular complexity index is 347. The number of oxime groups is 1. The van der Waals surface area contributed by atoms with Gasteiger partial charge in [-0.3, -0.25) is 0 Å². The molecule has 1 aromatic rings. The van der Waals surface area contributed by atoms with Gasteiger partial charge in [0, 0.05) is 5.56 Å². The zero-order valence-corrected chi connectivity index (χ0v) is 8.44. The summed E-state index contributed by atoms with van der Waals surface area (Å²) in [5.41, 5.74) is 1.33. The number of benzene rings is 1. The lowest BCUT2D eigenvalue weighted by Gasteiger charge is -2.08. The summed E-state index contributed by atoms with van der Waals surface area (Å²) in [6.45, 7) is 1.71. The first kappa shape index (κ1) is 10.4. The first-order chi connectivity index (χ1) is 6.72. The molecule has 4 heteroatoms. The summed E-state index contributed by atoms with van der Waals surface area (Å²) in [4.78, 5) is 0. The lowest BCUT2D eigenvalue weighted by molar-refractivity contribution is 0.319. The minimum atomic E-state index is 0.533. The summed E-state index contributed by atoms with van der Waals surface area (Å²) >= 11 is 0. The van der Waals surface area contributed by atoms with Crippen molar-refractivity contribution in [2.75, 3.05) is 14.2 Å². The molecule has 0 fully saturated rings. The van der Waals surface area contributed by atoms with E-state index in [-0.39, 0.29) is 0 Å². The number of hydrogen-bond acceptors (Lipinski definition) is 4. The van der Waals surface area contributed by atoms with Gasteiger partial charge >= 0.3 is 0 Å². The third kappa shape index (κ3) is 1.96. The van der Waals surface area contributed by atoms with Crippen molar-refractivity contribution in [1.29, 1.82) is 0 Å². The minimum Gasteiger partial charge on any atom is -0.493 e. The molecule has 0 aromatic heterocycles. The third-order valence-corrected chi connectivity index (χ3v) is 1.95. The van der Waals surface area contributed by atoms with Gasteiger partial charge in [0.15, 0.2) is 11.5 Å². The average molecular weight is 195 g/mol. The minimum absolute atomic E-state index is 0.533. The molecular weight excluding hydrogens is 182 g/mol. The second kappa shape index (κ2) is 4.50. The molecule has 14 heavy (non-hydrogen) atoms. The second-order valence-corrected chi connectivity index (χ2v) is 2.76. The molecule has 0 saturated heterocycles. The van der Waals surface area contributed by atoms with Crippen LogP contribution in [0.15, 0.2) is 23.4 Å². The van der Waals surface area contributed by atoms with Crippen LogP contribution < -0.4 is 9.47 Å². The fourth-order valence-corrected chi connectivity index (χ4v) is 1.12. The molecule has 0 spiro atoms. The van der Waals surface area contributed by atoms with Crippen LogP contribution in [-0.2, 0) is 0 Å². The van der Waals surface area contributed by atoms with Crippen molar-refractivity contribution in [2.24, 2.45) is 5.16 Å². The number of ether oxygens (including phenoxy) is 2. The van der Waals surface area contributed by atoms with E-state index in [4.69, 9.17) is 14.7 Å². The Hall–Kier alpha value is -1.71. The molecule has 0 unspecified atom stereocenters. The van der Waals surface area contributed by atoms with Crippen LogP contribution in [0, 0.1) is 0 Å². The molecule has 4 nitrogen and oxygen atoms in total. The third-order valence-electron chi connectivity index (χ3n) is 1.95. The van der Waals surface area contributed by atoms with Crippen molar-refractivity contribution in [3.8, 4) is 11.5 Å². The first-order valence-electron chi connectivity index (χ1n) is 4.14. The summed E-state index contributed by atoms with van der Waals surface area (Å²) in [6, 6.07) is 5.33. The van der Waals surface area contributed by atoms with Gasteiger partial charge in [-0.25, -0.2) is 0 Å². The van der Waals surface area contributed by atoms with Crippen LogP contribution in [-0.4, -0.2) is 25.1 Å². The standard InChI is InChI=1S/C10H13NO3/c1-7(11-12)8-4-5-9(13-2)10(6-8)14-3/h4-6,12H,1-3H3/b11-7-. The molecule has 1 aromatic carbocycles. The number of nitrogens with zero attached hydrogens (tertiary/aromatic N) is 1. The molecule has 1 rings (SSSR count). The highest BCUT2D eigenvalue weighted by Crippen LogP contribution is 2.27. The average Bonchev–Trinajstić information content (AvgIpc) is 2.26. The van der Waals surface area contributed by atoms with Gasteiger partial charge in [0.25, 0.3) is 0 Å². The monoisotopic (exact) mass is 195 g/mol. The normalized spacial score (nSPS) is 11.2. The maximum Gasteiger partial charge on any atom is 0.161 e. The fraction of sp³-hybridized carbons (Fsp3) is 0.300. The van der Waals surface area contributed by atoms with Gasteiger partial charge in [-0.05, 0) is 25.1 Å². The van der Waals surface area contributed by atoms with Gasteiger partial charge in [0.05, 0.1) is 19.9 Å². The van der Waals surface area contributed by atoms with E-state index in [0.29, 0.717) is 17.2 Å². The van der Waals surface area contributed by atoms with E-state index in [1.807, 2.05) is 0 Å². The molecular formula is C10H13NO3. The van der Waals surface area contributed by atoms with Gasteiger partial charge < -0.3 is 14.7 Å². The maximum atomic E-state index is 8.59. The lowest BCUT2D eigenvalue weighted by Crippen LogP contribution is -1.97. The molecule has 0 bridgehead atoms. The van der Waals surface area contributed by atoms with Gasteiger partial charge in [0.1, 0.15) is 0 Å². The highest BCUT2D eigenvalue weighted by Gasteiger charge is 2.05. The van der Waals surface area contributed by atoms with E-state index in [1.165, 1.54) is 0 Å². The van der Waals surface area contributed by atoms with E-state index in [1.54, 1.807) is 39.3 Å². The molecule has 0 aliphatic carbocycles. The summed E-state index contributed by atoms with van der Waals surface area (Å²) in [6.07, 6.45) is 0. The van der Waals surface area contributed by atoms with Gasteiger partial charge in [0.2, 0.25) is 0 Å². The molecule has 0 heterocycles. The lowest BCUT2D eigenvalue weighted by atomic mass is 10.1. The van der Waals surface area contributed by atoms with Crippen molar-refractivity contribution < 1.29 is 14.7 Å². The zero-order valence-electron chi connectivity index (χ0n) is 8.44. The number of rotatable bonds is 3. The van der Waals surface area contributed by atoms with Crippen LogP contribution in [0.3, 0.4) is 0 Å². The second-order valence-electron chi connectivity index (χ2n) is 2.76. The molecule has 0 radical (unpaired) electrons. The van der Waals surface area contributed by atoms with E-state index >= 15 is 0 Å². The Morgan fingerprint density at radius 2 is 1.86 bits per heavy atom. The van der Waals surface area contributed by atoms with Crippen LogP contribution in [0.1, 0.15) is 12.5 Å². The summed E-state index contributed by atoms with van der Waals surface area (Å²) in [5, 5.41) is 11.7. The van der Waals surface area contributed by atoms with Crippen molar-refractivity contribution in [3.63, 3.8) is 0 Å². The molecule has 1 N–H and O–H groups in total. The molecule has 76 valence electrons. The van der Waals surface area contributed by atoms with E-state index in [0.717, 1.165) is 5.56 Å². The predicted octanol–water partition coefficient (Wildman–Crippen LogP) is 1.90. The molecule has 0 saturated carbocycles. The van der Waals surface area contributed by atoms with Crippen LogP contribution >= 0.6 is 0 Å². The Labute approximate surface area is 82.8 Å². The Morgan fingerprint density at radius 1 is 1.21 bits per heavy atom. The van der Waals surface area contributed by atoms with Crippen molar-refractivity contribution >= 4 is 5.71 Å². The quantitative estimate of drug-likeness (QED) is 0.455. The fourth-order valence-electron chi connectivity index (χ4n) is 1.12. The van der Waals surface area contributed by atoms with E-state index in [2.05, 4.69) is 5.16 Å². The van der Waals surface area contributed by atoms with E-state index in [9.17, 15) is 0 Å². The van der Waals surface area contributed by atoms with Crippen LogP contribution in [0.2, 0.25) is 0 Å². The number of methoxy groups -OCH3 is 2. The molecule has 0 atom stereocenters. The largest absolute Gasteiger partial charge is 0.493 e. The zero-order chi connectivity index (χ0) is 10.6. The predicted molar refractivity (Wildman–Crippen MR) is 53.5 cm³/mol. The van der Waals surface area contributed by atoms with Crippen molar-refractivity contribution in [2.45, 2.75) is 6.92 Å². The molecule has 0 aliphatic rings. The Kier molecular flexibility index (Phi) is 3.34. The first-order valence-corrected chi connectivity index (χ1v) is 4.14. The summed E-state index contributed by atoms with van der Waals surface area (Å²) in [7, 11) is 3.14. The molecule has 0 aliphatic heterocycles. The van der Waals surface area contributed by atoms with Gasteiger partial charge in [-0.15, -0.1) is 0 Å². The Morgan fingerprint density at radius 3 is 2.36 bits per heavy atom. The smallest absolute Gasteiger partial charge is 0.161 e. The summed E-state index contributed by atoms with van der Waals surface area (Å²) < 4.78 is 10.2. The van der Waals surface area contributed by atoms with Crippen molar-refractivity contribution in [1.82, 2.24) is 0 Å². The SMILES string of the molecule is COc1ccc(/C(C)=N\O)cc1OC. The molecule has 0 amide bonds.